The topological polar surface area (TPSA) is 104 Å². The minimum atomic E-state index is -0.751. The molecule has 1 fully saturated rings. The molecule has 1 rings (SSSR count). The number of Topliss-reactive ketones (excluding diaryl/α,β-unsaturated/α-hetero) is 1. The molecule has 1 aliphatic carbocycles. The zero-order chi connectivity index (χ0) is 20.8. The molecule has 3 N–H and O–H groups in total. The van der Waals surface area contributed by atoms with E-state index in [1.165, 1.54) is 0 Å². The Morgan fingerprint density at radius 1 is 1.11 bits per heavy atom. The molecule has 0 saturated heterocycles. The van der Waals surface area contributed by atoms with E-state index in [0.717, 1.165) is 64.2 Å². The van der Waals surface area contributed by atoms with Gasteiger partial charge in [-0.3, -0.25) is 9.59 Å². The summed E-state index contributed by atoms with van der Waals surface area (Å²) < 4.78 is 5.77. The molecule has 1 unspecified atom stereocenters. The Bertz CT molecular complexity index is 439. The van der Waals surface area contributed by atoms with E-state index >= 15 is 0 Å². The number of aliphatic hydroxyl groups excluding tert-OH is 2. The second-order valence-corrected chi connectivity index (χ2v) is 8.15. The van der Waals surface area contributed by atoms with Crippen LogP contribution in [0.5, 0.6) is 0 Å². The summed E-state index contributed by atoms with van der Waals surface area (Å²) in [6, 6.07) is 0. The Hall–Kier alpha value is -0.980. The molecule has 0 aromatic carbocycles. The molecule has 0 radical (unpaired) electrons. The van der Waals surface area contributed by atoms with Crippen LogP contribution in [0.25, 0.3) is 0 Å². The van der Waals surface area contributed by atoms with Crippen LogP contribution in [0, 0.1) is 11.8 Å². The Morgan fingerprint density at radius 2 is 1.82 bits per heavy atom. The number of carbonyl (C=O) groups excluding carboxylic acids is 1. The Kier molecular flexibility index (Phi) is 13.4. The van der Waals surface area contributed by atoms with E-state index in [4.69, 9.17) is 14.9 Å². The maximum absolute atomic E-state index is 12.5. The first-order valence-electron chi connectivity index (χ1n) is 11.1. The van der Waals surface area contributed by atoms with Crippen LogP contribution in [0.15, 0.2) is 0 Å². The Labute approximate surface area is 169 Å². The van der Waals surface area contributed by atoms with Crippen molar-refractivity contribution in [3.05, 3.63) is 0 Å². The predicted molar refractivity (Wildman–Crippen MR) is 108 cm³/mol. The Balaban J connectivity index is 2.43. The van der Waals surface area contributed by atoms with Gasteiger partial charge in [0.25, 0.3) is 0 Å². The number of unbranched alkanes of at least 4 members (excludes halogenated alkanes) is 4. The quantitative estimate of drug-likeness (QED) is 0.322. The van der Waals surface area contributed by atoms with Gasteiger partial charge in [0.05, 0.1) is 25.4 Å². The van der Waals surface area contributed by atoms with Crippen molar-refractivity contribution in [2.75, 3.05) is 13.2 Å². The van der Waals surface area contributed by atoms with Gasteiger partial charge in [-0.05, 0) is 38.0 Å². The van der Waals surface area contributed by atoms with Crippen LogP contribution in [0.4, 0.5) is 0 Å². The first kappa shape index (κ1) is 25.1. The highest BCUT2D eigenvalue weighted by Crippen LogP contribution is 2.38. The van der Waals surface area contributed by atoms with Gasteiger partial charge < -0.3 is 20.1 Å². The molecule has 0 spiro atoms. The lowest BCUT2D eigenvalue weighted by Crippen LogP contribution is -2.24. The molecule has 1 aliphatic rings. The Morgan fingerprint density at radius 3 is 2.50 bits per heavy atom. The number of aliphatic carboxylic acids is 1. The number of carboxylic acids is 1. The first-order chi connectivity index (χ1) is 13.5. The van der Waals surface area contributed by atoms with E-state index < -0.39 is 5.97 Å². The highest BCUT2D eigenvalue weighted by Gasteiger charge is 2.41. The third-order valence-corrected chi connectivity index (χ3v) is 5.84. The number of carbonyl (C=O) groups is 2. The van der Waals surface area contributed by atoms with Crippen molar-refractivity contribution < 1.29 is 29.6 Å². The molecule has 1 saturated carbocycles. The summed E-state index contributed by atoms with van der Waals surface area (Å²) in [6.07, 6.45) is 10.1. The standard InChI is InChI=1S/C22H40O6/c1-2-9-17(24)10-7-8-12-19-18(11-5-3-4-6-13-22(26)27)20(25)16-21(19)28-15-14-23/h17-19,21,23-24H,2-16H2,1H3,(H,26,27)/t17?,18-,19-,21-/m1/s1. The molecule has 6 nitrogen and oxygen atoms in total. The van der Waals surface area contributed by atoms with Crippen LogP contribution in [-0.4, -0.2) is 52.5 Å². The average molecular weight is 401 g/mol. The molecular formula is C22H40O6. The molecule has 0 heterocycles. The van der Waals surface area contributed by atoms with Gasteiger partial charge in [0.15, 0.2) is 0 Å². The summed E-state index contributed by atoms with van der Waals surface area (Å²) in [5, 5.41) is 27.6. The van der Waals surface area contributed by atoms with Gasteiger partial charge in [0.1, 0.15) is 5.78 Å². The molecule has 0 aromatic heterocycles. The monoisotopic (exact) mass is 400 g/mol. The third-order valence-electron chi connectivity index (χ3n) is 5.84. The summed E-state index contributed by atoms with van der Waals surface area (Å²) in [5.74, 6) is -0.270. The lowest BCUT2D eigenvalue weighted by molar-refractivity contribution is -0.137. The molecule has 28 heavy (non-hydrogen) atoms. The van der Waals surface area contributed by atoms with E-state index in [9.17, 15) is 14.7 Å². The molecule has 6 heteroatoms. The number of ketones is 1. The number of carboxylic acid groups (broad SMARTS) is 1. The molecule has 0 aromatic rings. The van der Waals surface area contributed by atoms with Crippen LogP contribution < -0.4 is 0 Å². The van der Waals surface area contributed by atoms with Crippen molar-refractivity contribution in [2.24, 2.45) is 11.8 Å². The predicted octanol–water partition coefficient (Wildman–Crippen LogP) is 3.72. The number of rotatable bonds is 17. The molecule has 0 aliphatic heterocycles. The van der Waals surface area contributed by atoms with E-state index in [-0.39, 0.29) is 49.5 Å². The van der Waals surface area contributed by atoms with Crippen molar-refractivity contribution >= 4 is 11.8 Å². The van der Waals surface area contributed by atoms with Crippen LogP contribution in [0.2, 0.25) is 0 Å². The number of aliphatic hydroxyl groups is 2. The van der Waals surface area contributed by atoms with Crippen molar-refractivity contribution in [1.29, 1.82) is 0 Å². The van der Waals surface area contributed by atoms with E-state index in [1.54, 1.807) is 0 Å². The summed E-state index contributed by atoms with van der Waals surface area (Å²) in [5.41, 5.74) is 0. The summed E-state index contributed by atoms with van der Waals surface area (Å²) >= 11 is 0. The average Bonchev–Trinajstić information content (AvgIpc) is 2.94. The van der Waals surface area contributed by atoms with Gasteiger partial charge in [-0.15, -0.1) is 0 Å². The van der Waals surface area contributed by atoms with Gasteiger partial charge in [0, 0.05) is 18.8 Å². The highest BCUT2D eigenvalue weighted by atomic mass is 16.5. The van der Waals surface area contributed by atoms with Crippen LogP contribution >= 0.6 is 0 Å². The smallest absolute Gasteiger partial charge is 0.303 e. The lowest BCUT2D eigenvalue weighted by atomic mass is 9.85. The third kappa shape index (κ3) is 9.99. The van der Waals surface area contributed by atoms with Gasteiger partial charge in [0.2, 0.25) is 0 Å². The van der Waals surface area contributed by atoms with Crippen molar-refractivity contribution in [2.45, 2.75) is 103 Å². The normalized spacial score (nSPS) is 23.2. The largest absolute Gasteiger partial charge is 0.481 e. The fourth-order valence-corrected chi connectivity index (χ4v) is 4.38. The van der Waals surface area contributed by atoms with Crippen LogP contribution in [0.1, 0.15) is 90.4 Å². The molecule has 164 valence electrons. The lowest BCUT2D eigenvalue weighted by Gasteiger charge is -2.24. The van der Waals surface area contributed by atoms with Crippen molar-refractivity contribution in [1.82, 2.24) is 0 Å². The van der Waals surface area contributed by atoms with Crippen molar-refractivity contribution in [3.8, 4) is 0 Å². The van der Waals surface area contributed by atoms with Gasteiger partial charge >= 0.3 is 5.97 Å². The highest BCUT2D eigenvalue weighted by molar-refractivity contribution is 5.84. The van der Waals surface area contributed by atoms with Gasteiger partial charge in [-0.1, -0.05) is 45.4 Å². The zero-order valence-corrected chi connectivity index (χ0v) is 17.5. The van der Waals surface area contributed by atoms with E-state index in [0.29, 0.717) is 12.8 Å². The fraction of sp³-hybridized carbons (Fsp3) is 0.909. The summed E-state index contributed by atoms with van der Waals surface area (Å²) in [6.45, 7) is 2.31. The minimum absolute atomic E-state index is 0.0173. The second kappa shape index (κ2) is 14.9. The fourth-order valence-electron chi connectivity index (χ4n) is 4.38. The number of hydrogen-bond donors (Lipinski definition) is 3. The maximum atomic E-state index is 12.5. The molecular weight excluding hydrogens is 360 g/mol. The molecule has 0 amide bonds. The second-order valence-electron chi connectivity index (χ2n) is 8.15. The van der Waals surface area contributed by atoms with Gasteiger partial charge in [-0.25, -0.2) is 0 Å². The molecule has 0 bridgehead atoms. The summed E-state index contributed by atoms with van der Waals surface area (Å²) in [7, 11) is 0. The van der Waals surface area contributed by atoms with Crippen LogP contribution in [0.3, 0.4) is 0 Å². The molecule has 4 atom stereocenters. The first-order valence-corrected chi connectivity index (χ1v) is 11.1. The number of hydrogen-bond acceptors (Lipinski definition) is 5. The number of ether oxygens (including phenoxy) is 1. The van der Waals surface area contributed by atoms with E-state index in [2.05, 4.69) is 6.92 Å². The van der Waals surface area contributed by atoms with Gasteiger partial charge in [-0.2, -0.15) is 0 Å². The van der Waals surface area contributed by atoms with Crippen molar-refractivity contribution in [3.63, 3.8) is 0 Å². The maximum Gasteiger partial charge on any atom is 0.303 e. The van der Waals surface area contributed by atoms with Crippen LogP contribution in [-0.2, 0) is 14.3 Å². The van der Waals surface area contributed by atoms with E-state index in [1.807, 2.05) is 0 Å². The SMILES string of the molecule is CCCC(O)CCCC[C@H]1[C@H](OCCO)CC(=O)[C@@H]1CCCCCCC(=O)O. The minimum Gasteiger partial charge on any atom is -0.481 e. The summed E-state index contributed by atoms with van der Waals surface area (Å²) in [4.78, 5) is 23.1. The zero-order valence-electron chi connectivity index (χ0n) is 17.5.